The van der Waals surface area contributed by atoms with Gasteiger partial charge in [0.2, 0.25) is 10.0 Å². The van der Waals surface area contributed by atoms with Gasteiger partial charge < -0.3 is 10.8 Å². The molecular formula is C10H13BrN2O3S. The van der Waals surface area contributed by atoms with Crippen molar-refractivity contribution in [2.45, 2.75) is 23.3 Å². The Morgan fingerprint density at radius 2 is 2.12 bits per heavy atom. The zero-order valence-corrected chi connectivity index (χ0v) is 11.4. The minimum absolute atomic E-state index is 0.137. The molecule has 0 spiro atoms. The normalized spacial score (nSPS) is 18.0. The monoisotopic (exact) mass is 320 g/mol. The molecule has 1 aromatic rings. The van der Waals surface area contributed by atoms with Gasteiger partial charge >= 0.3 is 0 Å². The average molecular weight is 321 g/mol. The number of aliphatic hydroxyl groups is 1. The number of benzene rings is 1. The van der Waals surface area contributed by atoms with Gasteiger partial charge in [0, 0.05) is 10.2 Å². The predicted octanol–water partition coefficient (Wildman–Crippen LogP) is 0.834. The number of nitrogens with one attached hydrogen (secondary N) is 1. The SMILES string of the molecule is Nc1ccc(S(=O)(=O)NC2(CO)CC2)cc1Br. The van der Waals surface area contributed by atoms with E-state index in [0.29, 0.717) is 23.0 Å². The van der Waals surface area contributed by atoms with Crippen molar-refractivity contribution in [3.8, 4) is 0 Å². The fourth-order valence-corrected chi connectivity index (χ4v) is 3.47. The molecule has 1 aromatic carbocycles. The van der Waals surface area contributed by atoms with Crippen LogP contribution in [0.2, 0.25) is 0 Å². The maximum absolute atomic E-state index is 12.0. The fraction of sp³-hybridized carbons (Fsp3) is 0.400. The van der Waals surface area contributed by atoms with Gasteiger partial charge in [0.1, 0.15) is 0 Å². The predicted molar refractivity (Wildman–Crippen MR) is 67.9 cm³/mol. The van der Waals surface area contributed by atoms with E-state index < -0.39 is 15.6 Å². The highest BCUT2D eigenvalue weighted by Crippen LogP contribution is 2.36. The first-order valence-corrected chi connectivity index (χ1v) is 7.36. The van der Waals surface area contributed by atoms with E-state index in [-0.39, 0.29) is 11.5 Å². The molecule has 0 radical (unpaired) electrons. The van der Waals surface area contributed by atoms with Gasteiger partial charge in [0.25, 0.3) is 0 Å². The van der Waals surface area contributed by atoms with E-state index in [0.717, 1.165) is 0 Å². The van der Waals surface area contributed by atoms with Crippen molar-refractivity contribution in [1.29, 1.82) is 0 Å². The van der Waals surface area contributed by atoms with Gasteiger partial charge in [0.15, 0.2) is 0 Å². The van der Waals surface area contributed by atoms with Crippen LogP contribution in [0.5, 0.6) is 0 Å². The molecule has 1 aliphatic carbocycles. The lowest BCUT2D eigenvalue weighted by molar-refractivity contribution is 0.246. The summed E-state index contributed by atoms with van der Waals surface area (Å²) in [5.74, 6) is 0. The Bertz CT molecular complexity index is 540. The molecule has 0 aliphatic heterocycles. The Balaban J connectivity index is 2.29. The molecule has 5 nitrogen and oxygen atoms in total. The van der Waals surface area contributed by atoms with E-state index in [4.69, 9.17) is 10.8 Å². The number of nitrogen functional groups attached to an aromatic ring is 1. The third-order valence-electron chi connectivity index (χ3n) is 2.79. The molecule has 17 heavy (non-hydrogen) atoms. The second-order valence-electron chi connectivity index (χ2n) is 4.23. The molecule has 0 unspecified atom stereocenters. The second kappa shape index (κ2) is 4.24. The Labute approximate surface area is 108 Å². The molecule has 1 fully saturated rings. The standard InChI is InChI=1S/C10H13BrN2O3S/c11-8-5-7(1-2-9(8)12)17(15,16)13-10(6-14)3-4-10/h1-2,5,13-14H,3-4,6,12H2. The van der Waals surface area contributed by atoms with Crippen molar-refractivity contribution < 1.29 is 13.5 Å². The number of nitrogens with two attached hydrogens (primary N) is 1. The zero-order chi connectivity index (χ0) is 12.7. The van der Waals surface area contributed by atoms with E-state index in [9.17, 15) is 8.42 Å². The minimum atomic E-state index is -3.60. The lowest BCUT2D eigenvalue weighted by atomic mass is 10.3. The smallest absolute Gasteiger partial charge is 0.241 e. The summed E-state index contributed by atoms with van der Waals surface area (Å²) in [6.45, 7) is -0.178. The number of anilines is 1. The Morgan fingerprint density at radius 3 is 2.59 bits per heavy atom. The van der Waals surface area contributed by atoms with Crippen LogP contribution >= 0.6 is 15.9 Å². The van der Waals surface area contributed by atoms with Crippen molar-refractivity contribution in [2.24, 2.45) is 0 Å². The molecule has 4 N–H and O–H groups in total. The van der Waals surface area contributed by atoms with Crippen molar-refractivity contribution in [3.63, 3.8) is 0 Å². The van der Waals surface area contributed by atoms with Crippen LogP contribution in [0, 0.1) is 0 Å². The highest BCUT2D eigenvalue weighted by Gasteiger charge is 2.45. The maximum atomic E-state index is 12.0. The highest BCUT2D eigenvalue weighted by molar-refractivity contribution is 9.10. The van der Waals surface area contributed by atoms with Crippen LogP contribution in [0.1, 0.15) is 12.8 Å². The first-order valence-electron chi connectivity index (χ1n) is 5.08. The van der Waals surface area contributed by atoms with Gasteiger partial charge in [0.05, 0.1) is 17.0 Å². The molecule has 0 saturated heterocycles. The molecule has 0 bridgehead atoms. The van der Waals surface area contributed by atoms with Gasteiger partial charge in [-0.1, -0.05) is 0 Å². The van der Waals surface area contributed by atoms with Crippen molar-refractivity contribution in [2.75, 3.05) is 12.3 Å². The topological polar surface area (TPSA) is 92.4 Å². The molecule has 0 aromatic heterocycles. The van der Waals surface area contributed by atoms with E-state index >= 15 is 0 Å². The lowest BCUT2D eigenvalue weighted by Gasteiger charge is -2.15. The highest BCUT2D eigenvalue weighted by atomic mass is 79.9. The van der Waals surface area contributed by atoms with Gasteiger partial charge in [-0.3, -0.25) is 0 Å². The van der Waals surface area contributed by atoms with Crippen LogP contribution in [-0.2, 0) is 10.0 Å². The molecular weight excluding hydrogens is 308 g/mol. The minimum Gasteiger partial charge on any atom is -0.398 e. The molecule has 7 heteroatoms. The summed E-state index contributed by atoms with van der Waals surface area (Å²) in [5.41, 5.74) is 5.41. The Hall–Kier alpha value is -0.630. The molecule has 0 atom stereocenters. The first kappa shape index (κ1) is 12.8. The summed E-state index contributed by atoms with van der Waals surface area (Å²) in [4.78, 5) is 0.137. The van der Waals surface area contributed by atoms with Crippen molar-refractivity contribution >= 4 is 31.6 Å². The Kier molecular flexibility index (Phi) is 3.19. The number of aliphatic hydroxyl groups excluding tert-OH is 1. The van der Waals surface area contributed by atoms with Gasteiger partial charge in [-0.2, -0.15) is 0 Å². The van der Waals surface area contributed by atoms with Crippen LogP contribution < -0.4 is 10.5 Å². The molecule has 1 aliphatic rings. The zero-order valence-electron chi connectivity index (χ0n) is 8.98. The number of hydrogen-bond donors (Lipinski definition) is 3. The summed E-state index contributed by atoms with van der Waals surface area (Å²) in [7, 11) is -3.60. The Morgan fingerprint density at radius 1 is 1.47 bits per heavy atom. The van der Waals surface area contributed by atoms with Gasteiger partial charge in [-0.05, 0) is 47.0 Å². The fourth-order valence-electron chi connectivity index (χ4n) is 1.46. The number of hydrogen-bond acceptors (Lipinski definition) is 4. The largest absolute Gasteiger partial charge is 0.398 e. The first-order chi connectivity index (χ1) is 7.88. The summed E-state index contributed by atoms with van der Waals surface area (Å²) in [6, 6.07) is 4.41. The molecule has 0 heterocycles. The molecule has 2 rings (SSSR count). The quantitative estimate of drug-likeness (QED) is 0.717. The van der Waals surface area contributed by atoms with Crippen LogP contribution in [0.25, 0.3) is 0 Å². The van der Waals surface area contributed by atoms with Crippen LogP contribution in [0.15, 0.2) is 27.6 Å². The van der Waals surface area contributed by atoms with Crippen LogP contribution in [-0.4, -0.2) is 25.7 Å². The average Bonchev–Trinajstić information content (AvgIpc) is 3.02. The van der Waals surface area contributed by atoms with Crippen LogP contribution in [0.3, 0.4) is 0 Å². The molecule has 0 amide bonds. The maximum Gasteiger partial charge on any atom is 0.241 e. The molecule has 94 valence electrons. The third-order valence-corrected chi connectivity index (χ3v) is 5.05. The van der Waals surface area contributed by atoms with Crippen molar-refractivity contribution in [3.05, 3.63) is 22.7 Å². The van der Waals surface area contributed by atoms with Crippen LogP contribution in [0.4, 0.5) is 5.69 Å². The van der Waals surface area contributed by atoms with Gasteiger partial charge in [-0.15, -0.1) is 0 Å². The third kappa shape index (κ3) is 2.62. The summed E-state index contributed by atoms with van der Waals surface area (Å²) >= 11 is 3.18. The molecule has 1 saturated carbocycles. The lowest BCUT2D eigenvalue weighted by Crippen LogP contribution is -2.39. The summed E-state index contributed by atoms with van der Waals surface area (Å²) in [6.07, 6.45) is 1.33. The number of sulfonamides is 1. The second-order valence-corrected chi connectivity index (χ2v) is 6.76. The van der Waals surface area contributed by atoms with E-state index in [1.165, 1.54) is 18.2 Å². The summed E-state index contributed by atoms with van der Waals surface area (Å²) in [5, 5.41) is 9.11. The van der Waals surface area contributed by atoms with E-state index in [1.54, 1.807) is 0 Å². The van der Waals surface area contributed by atoms with Crippen molar-refractivity contribution in [1.82, 2.24) is 4.72 Å². The van der Waals surface area contributed by atoms with Gasteiger partial charge in [-0.25, -0.2) is 13.1 Å². The summed E-state index contributed by atoms with van der Waals surface area (Å²) < 4.78 is 27.1. The van der Waals surface area contributed by atoms with E-state index in [2.05, 4.69) is 20.7 Å². The van der Waals surface area contributed by atoms with E-state index in [1.807, 2.05) is 0 Å². The number of halogens is 1. The number of rotatable bonds is 4.